The molecule has 3 nitrogen and oxygen atoms in total. The van der Waals surface area contributed by atoms with Crippen molar-refractivity contribution in [1.29, 1.82) is 0 Å². The van der Waals surface area contributed by atoms with Crippen LogP contribution < -0.4 is 10.5 Å². The molecule has 96 valence electrons. The molecule has 1 aromatic heterocycles. The number of aromatic nitrogens is 1. The Morgan fingerprint density at radius 2 is 2.06 bits per heavy atom. The first-order valence-electron chi connectivity index (χ1n) is 4.97. The molecule has 0 aliphatic carbocycles. The molecule has 0 atom stereocenters. The fourth-order valence-corrected chi connectivity index (χ4v) is 1.16. The van der Waals surface area contributed by atoms with Crippen molar-refractivity contribution in [2.75, 3.05) is 6.61 Å². The lowest BCUT2D eigenvalue weighted by molar-refractivity contribution is -0.136. The summed E-state index contributed by atoms with van der Waals surface area (Å²) in [5.41, 5.74) is 5.47. The SMILES string of the molecule is NCc1ccnc(OCCCC(F)(F)F)c1F. The number of rotatable bonds is 5. The van der Waals surface area contributed by atoms with Crippen LogP contribution in [0.15, 0.2) is 12.3 Å². The van der Waals surface area contributed by atoms with E-state index in [1.54, 1.807) is 0 Å². The van der Waals surface area contributed by atoms with E-state index < -0.39 is 18.4 Å². The van der Waals surface area contributed by atoms with E-state index in [-0.39, 0.29) is 31.0 Å². The Hall–Kier alpha value is -1.37. The fraction of sp³-hybridized carbons (Fsp3) is 0.500. The standard InChI is InChI=1S/C10H12F4N2O/c11-8-7(6-15)2-4-16-9(8)17-5-1-3-10(12,13)14/h2,4H,1,3,5-6,15H2. The molecule has 1 rings (SSSR count). The van der Waals surface area contributed by atoms with Gasteiger partial charge >= 0.3 is 6.18 Å². The zero-order valence-electron chi connectivity index (χ0n) is 8.93. The van der Waals surface area contributed by atoms with Gasteiger partial charge in [0.2, 0.25) is 0 Å². The van der Waals surface area contributed by atoms with Gasteiger partial charge in [-0.15, -0.1) is 0 Å². The van der Waals surface area contributed by atoms with Gasteiger partial charge in [-0.3, -0.25) is 0 Å². The molecule has 2 N–H and O–H groups in total. The van der Waals surface area contributed by atoms with Crippen LogP contribution in [0.1, 0.15) is 18.4 Å². The Bertz CT molecular complexity index is 368. The van der Waals surface area contributed by atoms with Crippen LogP contribution in [-0.2, 0) is 6.54 Å². The Kier molecular flexibility index (Phi) is 4.68. The number of nitrogens with two attached hydrogens (primary N) is 1. The van der Waals surface area contributed by atoms with E-state index in [1.165, 1.54) is 12.3 Å². The molecule has 17 heavy (non-hydrogen) atoms. The number of pyridine rings is 1. The van der Waals surface area contributed by atoms with E-state index in [0.717, 1.165) is 0 Å². The molecule has 0 aliphatic heterocycles. The van der Waals surface area contributed by atoms with E-state index in [4.69, 9.17) is 10.5 Å². The summed E-state index contributed by atoms with van der Waals surface area (Å²) < 4.78 is 53.7. The first kappa shape index (κ1) is 13.7. The number of hydrogen-bond donors (Lipinski definition) is 1. The van der Waals surface area contributed by atoms with E-state index in [0.29, 0.717) is 0 Å². The summed E-state index contributed by atoms with van der Waals surface area (Å²) >= 11 is 0. The zero-order chi connectivity index (χ0) is 12.9. The molecular weight excluding hydrogens is 240 g/mol. The van der Waals surface area contributed by atoms with Crippen molar-refractivity contribution in [1.82, 2.24) is 4.98 Å². The molecule has 1 heterocycles. The van der Waals surface area contributed by atoms with Gasteiger partial charge in [0, 0.05) is 24.7 Å². The number of ether oxygens (including phenoxy) is 1. The van der Waals surface area contributed by atoms with E-state index >= 15 is 0 Å². The molecule has 0 saturated heterocycles. The van der Waals surface area contributed by atoms with E-state index in [2.05, 4.69) is 4.98 Å². The van der Waals surface area contributed by atoms with Crippen molar-refractivity contribution >= 4 is 0 Å². The summed E-state index contributed by atoms with van der Waals surface area (Å²) in [5, 5.41) is 0. The summed E-state index contributed by atoms with van der Waals surface area (Å²) in [6.45, 7) is -0.259. The molecule has 0 unspecified atom stereocenters. The zero-order valence-corrected chi connectivity index (χ0v) is 8.93. The van der Waals surface area contributed by atoms with Crippen molar-refractivity contribution < 1.29 is 22.3 Å². The number of alkyl halides is 3. The summed E-state index contributed by atoms with van der Waals surface area (Å²) in [5.74, 6) is -1.03. The van der Waals surface area contributed by atoms with Gasteiger partial charge in [-0.1, -0.05) is 0 Å². The second-order valence-corrected chi connectivity index (χ2v) is 3.36. The molecular formula is C10H12F4N2O. The van der Waals surface area contributed by atoms with Crippen LogP contribution in [-0.4, -0.2) is 17.8 Å². The minimum Gasteiger partial charge on any atom is -0.476 e. The van der Waals surface area contributed by atoms with Gasteiger partial charge in [-0.25, -0.2) is 9.37 Å². The third-order valence-electron chi connectivity index (χ3n) is 2.00. The smallest absolute Gasteiger partial charge is 0.389 e. The summed E-state index contributed by atoms with van der Waals surface area (Å²) in [6.07, 6.45) is -4.14. The van der Waals surface area contributed by atoms with Crippen LogP contribution in [0.2, 0.25) is 0 Å². The molecule has 0 bridgehead atoms. The van der Waals surface area contributed by atoms with E-state index in [9.17, 15) is 17.6 Å². The largest absolute Gasteiger partial charge is 0.476 e. The lowest BCUT2D eigenvalue weighted by atomic mass is 10.2. The Morgan fingerprint density at radius 3 is 2.65 bits per heavy atom. The maximum Gasteiger partial charge on any atom is 0.389 e. The molecule has 0 spiro atoms. The van der Waals surface area contributed by atoms with Crippen LogP contribution in [0.4, 0.5) is 17.6 Å². The summed E-state index contributed by atoms with van der Waals surface area (Å²) in [4.78, 5) is 3.59. The first-order chi connectivity index (χ1) is 7.94. The van der Waals surface area contributed by atoms with Gasteiger partial charge in [-0.2, -0.15) is 13.2 Å². The Morgan fingerprint density at radius 1 is 1.35 bits per heavy atom. The monoisotopic (exact) mass is 252 g/mol. The predicted molar refractivity (Wildman–Crippen MR) is 52.9 cm³/mol. The van der Waals surface area contributed by atoms with Crippen LogP contribution in [0.5, 0.6) is 5.88 Å². The molecule has 0 fully saturated rings. The van der Waals surface area contributed by atoms with Crippen molar-refractivity contribution in [2.24, 2.45) is 5.73 Å². The van der Waals surface area contributed by atoms with Gasteiger partial charge in [0.1, 0.15) is 0 Å². The molecule has 0 aliphatic rings. The normalized spacial score (nSPS) is 11.6. The van der Waals surface area contributed by atoms with Gasteiger partial charge < -0.3 is 10.5 Å². The fourth-order valence-electron chi connectivity index (χ4n) is 1.16. The van der Waals surface area contributed by atoms with Gasteiger partial charge in [0.15, 0.2) is 5.82 Å². The molecule has 1 aromatic rings. The van der Waals surface area contributed by atoms with Crippen molar-refractivity contribution in [3.05, 3.63) is 23.6 Å². The maximum atomic E-state index is 13.4. The molecule has 0 radical (unpaired) electrons. The molecule has 7 heteroatoms. The highest BCUT2D eigenvalue weighted by Gasteiger charge is 2.26. The number of halogens is 4. The lowest BCUT2D eigenvalue weighted by Gasteiger charge is -2.09. The van der Waals surface area contributed by atoms with Crippen molar-refractivity contribution in [3.63, 3.8) is 0 Å². The average molecular weight is 252 g/mol. The number of hydrogen-bond acceptors (Lipinski definition) is 3. The van der Waals surface area contributed by atoms with Gasteiger partial charge in [0.05, 0.1) is 6.61 Å². The maximum absolute atomic E-state index is 13.4. The highest BCUT2D eigenvalue weighted by Crippen LogP contribution is 2.22. The first-order valence-corrected chi connectivity index (χ1v) is 4.97. The third-order valence-corrected chi connectivity index (χ3v) is 2.00. The van der Waals surface area contributed by atoms with Gasteiger partial charge in [0.25, 0.3) is 5.88 Å². The minimum absolute atomic E-state index is 0.0206. The minimum atomic E-state index is -4.23. The van der Waals surface area contributed by atoms with Crippen LogP contribution in [0.3, 0.4) is 0 Å². The van der Waals surface area contributed by atoms with Gasteiger partial charge in [-0.05, 0) is 12.5 Å². The quantitative estimate of drug-likeness (QED) is 0.646. The van der Waals surface area contributed by atoms with Crippen LogP contribution in [0.25, 0.3) is 0 Å². The third kappa shape index (κ3) is 4.56. The molecule has 0 aromatic carbocycles. The Labute approximate surface area is 95.6 Å². The second kappa shape index (κ2) is 5.81. The van der Waals surface area contributed by atoms with Crippen LogP contribution in [0, 0.1) is 5.82 Å². The Balaban J connectivity index is 2.47. The van der Waals surface area contributed by atoms with Crippen LogP contribution >= 0.6 is 0 Å². The highest BCUT2D eigenvalue weighted by molar-refractivity contribution is 5.23. The lowest BCUT2D eigenvalue weighted by Crippen LogP contribution is -2.11. The summed E-state index contributed by atoms with van der Waals surface area (Å²) in [6, 6.07) is 1.39. The molecule has 0 saturated carbocycles. The topological polar surface area (TPSA) is 48.1 Å². The summed E-state index contributed by atoms with van der Waals surface area (Å²) in [7, 11) is 0. The van der Waals surface area contributed by atoms with Crippen molar-refractivity contribution in [2.45, 2.75) is 25.6 Å². The number of nitrogens with zero attached hydrogens (tertiary/aromatic N) is 1. The second-order valence-electron chi connectivity index (χ2n) is 3.36. The van der Waals surface area contributed by atoms with E-state index in [1.807, 2.05) is 0 Å². The molecule has 0 amide bonds. The average Bonchev–Trinajstić information content (AvgIpc) is 2.25. The highest BCUT2D eigenvalue weighted by atomic mass is 19.4. The van der Waals surface area contributed by atoms with Crippen molar-refractivity contribution in [3.8, 4) is 5.88 Å². The predicted octanol–water partition coefficient (Wildman–Crippen LogP) is 2.40.